The van der Waals surface area contributed by atoms with Crippen molar-refractivity contribution in [1.82, 2.24) is 5.32 Å². The summed E-state index contributed by atoms with van der Waals surface area (Å²) in [5.74, 6) is -0.438. The summed E-state index contributed by atoms with van der Waals surface area (Å²) in [7, 11) is 1.47. The smallest absolute Gasteiger partial charge is 0.255 e. The molecule has 0 saturated heterocycles. The van der Waals surface area contributed by atoms with Gasteiger partial charge in [-0.05, 0) is 42.7 Å². The second kappa shape index (κ2) is 7.61. The summed E-state index contributed by atoms with van der Waals surface area (Å²) in [6, 6.07) is 14.2. The van der Waals surface area contributed by atoms with Crippen LogP contribution in [0.2, 0.25) is 0 Å². The van der Waals surface area contributed by atoms with Crippen LogP contribution >= 0.6 is 0 Å². The predicted octanol–water partition coefficient (Wildman–Crippen LogP) is 2.81. The molecule has 3 rings (SSSR count). The Bertz CT molecular complexity index is 796. The number of amides is 2. The SMILES string of the molecule is CO/N=C/c1ccc(C(=O)Nc2ccccc2C(=O)NC2CC2)cc1. The maximum absolute atomic E-state index is 12.4. The minimum absolute atomic E-state index is 0.162. The zero-order valence-electron chi connectivity index (χ0n) is 13.9. The van der Waals surface area contributed by atoms with Gasteiger partial charge in [0.1, 0.15) is 7.11 Å². The molecule has 1 saturated carbocycles. The van der Waals surface area contributed by atoms with Gasteiger partial charge in [0.25, 0.3) is 11.8 Å². The molecule has 25 heavy (non-hydrogen) atoms. The van der Waals surface area contributed by atoms with Crippen LogP contribution in [0.25, 0.3) is 0 Å². The first-order valence-corrected chi connectivity index (χ1v) is 8.05. The number of hydrogen-bond acceptors (Lipinski definition) is 4. The fraction of sp³-hybridized carbons (Fsp3) is 0.211. The van der Waals surface area contributed by atoms with Crippen LogP contribution in [-0.4, -0.2) is 31.2 Å². The first kappa shape index (κ1) is 16.7. The van der Waals surface area contributed by atoms with Crippen LogP contribution in [-0.2, 0) is 4.84 Å². The molecule has 6 heteroatoms. The first-order valence-electron chi connectivity index (χ1n) is 8.05. The lowest BCUT2D eigenvalue weighted by atomic mass is 10.1. The van der Waals surface area contributed by atoms with Gasteiger partial charge in [-0.1, -0.05) is 29.4 Å². The normalized spacial score (nSPS) is 13.5. The number of carbonyl (C=O) groups excluding carboxylic acids is 2. The van der Waals surface area contributed by atoms with Crippen LogP contribution in [0.3, 0.4) is 0 Å². The number of nitrogens with one attached hydrogen (secondary N) is 2. The largest absolute Gasteiger partial charge is 0.399 e. The highest BCUT2D eigenvalue weighted by atomic mass is 16.6. The molecule has 0 atom stereocenters. The molecule has 128 valence electrons. The summed E-state index contributed by atoms with van der Waals surface area (Å²) in [5.41, 5.74) is 2.27. The topological polar surface area (TPSA) is 79.8 Å². The molecule has 1 aliphatic carbocycles. The van der Waals surface area contributed by atoms with Crippen LogP contribution < -0.4 is 10.6 Å². The van der Waals surface area contributed by atoms with Crippen molar-refractivity contribution >= 4 is 23.7 Å². The van der Waals surface area contributed by atoms with Gasteiger partial charge in [0.05, 0.1) is 17.5 Å². The van der Waals surface area contributed by atoms with Gasteiger partial charge in [-0.3, -0.25) is 9.59 Å². The molecule has 0 aromatic heterocycles. The van der Waals surface area contributed by atoms with E-state index in [1.807, 2.05) is 0 Å². The Morgan fingerprint density at radius 2 is 1.80 bits per heavy atom. The van der Waals surface area contributed by atoms with Gasteiger partial charge in [-0.15, -0.1) is 0 Å². The van der Waals surface area contributed by atoms with Crippen LogP contribution in [0, 0.1) is 0 Å². The quantitative estimate of drug-likeness (QED) is 0.628. The van der Waals surface area contributed by atoms with Gasteiger partial charge in [0, 0.05) is 11.6 Å². The van der Waals surface area contributed by atoms with Crippen molar-refractivity contribution < 1.29 is 14.4 Å². The molecule has 0 spiro atoms. The maximum atomic E-state index is 12.4. The summed E-state index contributed by atoms with van der Waals surface area (Å²) in [4.78, 5) is 29.4. The van der Waals surface area contributed by atoms with Crippen molar-refractivity contribution in [3.63, 3.8) is 0 Å². The van der Waals surface area contributed by atoms with E-state index in [4.69, 9.17) is 0 Å². The molecule has 0 heterocycles. The van der Waals surface area contributed by atoms with Crippen molar-refractivity contribution in [2.45, 2.75) is 18.9 Å². The number of carbonyl (C=O) groups is 2. The van der Waals surface area contributed by atoms with Gasteiger partial charge >= 0.3 is 0 Å². The number of hydrogen-bond donors (Lipinski definition) is 2. The second-order valence-corrected chi connectivity index (χ2v) is 5.79. The number of anilines is 1. The molecule has 1 aliphatic rings. The molecule has 0 radical (unpaired) electrons. The lowest BCUT2D eigenvalue weighted by Crippen LogP contribution is -2.27. The minimum atomic E-state index is -0.276. The molecular formula is C19H19N3O3. The second-order valence-electron chi connectivity index (χ2n) is 5.79. The molecule has 1 fully saturated rings. The molecule has 0 unspecified atom stereocenters. The van der Waals surface area contributed by atoms with E-state index in [1.165, 1.54) is 7.11 Å². The van der Waals surface area contributed by atoms with Crippen molar-refractivity contribution in [1.29, 1.82) is 0 Å². The monoisotopic (exact) mass is 337 g/mol. The zero-order chi connectivity index (χ0) is 17.6. The number of benzene rings is 2. The molecule has 0 aliphatic heterocycles. The van der Waals surface area contributed by atoms with E-state index in [0.29, 0.717) is 16.8 Å². The Balaban J connectivity index is 1.72. The predicted molar refractivity (Wildman–Crippen MR) is 95.9 cm³/mol. The summed E-state index contributed by atoms with van der Waals surface area (Å²) in [6.45, 7) is 0. The van der Waals surface area contributed by atoms with Crippen molar-refractivity contribution in [3.8, 4) is 0 Å². The van der Waals surface area contributed by atoms with E-state index in [1.54, 1.807) is 54.7 Å². The fourth-order valence-electron chi connectivity index (χ4n) is 2.31. The fourth-order valence-corrected chi connectivity index (χ4v) is 2.31. The molecule has 0 bridgehead atoms. The third-order valence-electron chi connectivity index (χ3n) is 3.81. The van der Waals surface area contributed by atoms with E-state index in [0.717, 1.165) is 18.4 Å². The Hall–Kier alpha value is -3.15. The Morgan fingerprint density at radius 1 is 1.08 bits per heavy atom. The molecule has 2 N–H and O–H groups in total. The van der Waals surface area contributed by atoms with Gasteiger partial charge in [-0.25, -0.2) is 0 Å². The Labute approximate surface area is 145 Å². The Kier molecular flexibility index (Phi) is 5.09. The number of nitrogens with zero attached hydrogens (tertiary/aromatic N) is 1. The lowest BCUT2D eigenvalue weighted by molar-refractivity contribution is 0.0952. The summed E-state index contributed by atoms with van der Waals surface area (Å²) in [5, 5.41) is 9.41. The van der Waals surface area contributed by atoms with Crippen molar-refractivity contribution in [2.75, 3.05) is 12.4 Å². The lowest BCUT2D eigenvalue weighted by Gasteiger charge is -2.11. The van der Waals surface area contributed by atoms with Gasteiger partial charge in [0.15, 0.2) is 0 Å². The standard InChI is InChI=1S/C19H19N3O3/c1-25-20-12-13-6-8-14(9-7-13)18(23)22-17-5-3-2-4-16(17)19(24)21-15-10-11-15/h2-9,12,15H,10-11H2,1H3,(H,21,24)(H,22,23)/b20-12+. The van der Waals surface area contributed by atoms with E-state index >= 15 is 0 Å². The van der Waals surface area contributed by atoms with Crippen LogP contribution in [0.4, 0.5) is 5.69 Å². The third-order valence-corrected chi connectivity index (χ3v) is 3.81. The van der Waals surface area contributed by atoms with E-state index in [9.17, 15) is 9.59 Å². The summed E-state index contributed by atoms with van der Waals surface area (Å²) in [6.07, 6.45) is 3.58. The van der Waals surface area contributed by atoms with Gasteiger partial charge in [-0.2, -0.15) is 0 Å². The third kappa shape index (κ3) is 4.44. The van der Waals surface area contributed by atoms with Gasteiger partial charge < -0.3 is 15.5 Å². The van der Waals surface area contributed by atoms with E-state index in [2.05, 4.69) is 20.6 Å². The molecular weight excluding hydrogens is 318 g/mol. The van der Waals surface area contributed by atoms with E-state index < -0.39 is 0 Å². The molecule has 2 amide bonds. The summed E-state index contributed by atoms with van der Waals surface area (Å²) >= 11 is 0. The van der Waals surface area contributed by atoms with Crippen LogP contribution in [0.1, 0.15) is 39.1 Å². The average Bonchev–Trinajstić information content (AvgIpc) is 3.44. The number of rotatable bonds is 6. The summed E-state index contributed by atoms with van der Waals surface area (Å²) < 4.78 is 0. The molecule has 2 aromatic rings. The molecule has 6 nitrogen and oxygen atoms in total. The highest BCUT2D eigenvalue weighted by Gasteiger charge is 2.25. The molecule has 2 aromatic carbocycles. The minimum Gasteiger partial charge on any atom is -0.399 e. The number of para-hydroxylation sites is 1. The average molecular weight is 337 g/mol. The number of oxime groups is 1. The maximum Gasteiger partial charge on any atom is 0.255 e. The van der Waals surface area contributed by atoms with E-state index in [-0.39, 0.29) is 17.9 Å². The van der Waals surface area contributed by atoms with Crippen LogP contribution in [0.5, 0.6) is 0 Å². The first-order chi connectivity index (χ1) is 12.2. The Morgan fingerprint density at radius 3 is 2.48 bits per heavy atom. The van der Waals surface area contributed by atoms with Crippen molar-refractivity contribution in [2.24, 2.45) is 5.16 Å². The highest BCUT2D eigenvalue weighted by Crippen LogP contribution is 2.22. The van der Waals surface area contributed by atoms with Gasteiger partial charge in [0.2, 0.25) is 0 Å². The van der Waals surface area contributed by atoms with Crippen LogP contribution in [0.15, 0.2) is 53.7 Å². The zero-order valence-corrected chi connectivity index (χ0v) is 13.9. The highest BCUT2D eigenvalue weighted by molar-refractivity contribution is 6.09. The van der Waals surface area contributed by atoms with Crippen molar-refractivity contribution in [3.05, 3.63) is 65.2 Å².